The van der Waals surface area contributed by atoms with Crippen LogP contribution in [-0.2, 0) is 11.2 Å². The number of aliphatic carboxylic acids is 1. The van der Waals surface area contributed by atoms with Gasteiger partial charge in [0.05, 0.1) is 12.9 Å². The number of aromatic amines is 1. The molecule has 0 unspecified atom stereocenters. The van der Waals surface area contributed by atoms with Gasteiger partial charge in [0.1, 0.15) is 6.04 Å². The molecule has 0 saturated heterocycles. The van der Waals surface area contributed by atoms with Crippen molar-refractivity contribution in [2.24, 2.45) is 0 Å². The van der Waals surface area contributed by atoms with Crippen LogP contribution < -0.4 is 10.6 Å². The van der Waals surface area contributed by atoms with Crippen molar-refractivity contribution >= 4 is 12.0 Å². The molecule has 0 saturated carbocycles. The molecular formula is C10H12N4O3. The highest BCUT2D eigenvalue weighted by atomic mass is 16.4. The second kappa shape index (κ2) is 6.17. The maximum atomic E-state index is 11.2. The Bertz CT molecular complexity index is 421. The molecule has 0 spiro atoms. The van der Waals surface area contributed by atoms with Gasteiger partial charge in [-0.2, -0.15) is 0 Å². The molecule has 0 aliphatic carbocycles. The lowest BCUT2D eigenvalue weighted by atomic mass is 10.2. The number of carbonyl (C=O) groups is 2. The quantitative estimate of drug-likeness (QED) is 0.509. The van der Waals surface area contributed by atoms with Gasteiger partial charge in [0.2, 0.25) is 0 Å². The molecule has 0 bridgehead atoms. The Balaban J connectivity index is 2.52. The largest absolute Gasteiger partial charge is 0.480 e. The molecule has 90 valence electrons. The number of carboxylic acids is 1. The van der Waals surface area contributed by atoms with E-state index in [1.54, 1.807) is 0 Å². The number of nitrogens with one attached hydrogen (secondary N) is 3. The molecule has 0 radical (unpaired) electrons. The van der Waals surface area contributed by atoms with Gasteiger partial charge in [-0.25, -0.2) is 14.6 Å². The van der Waals surface area contributed by atoms with Crippen molar-refractivity contribution in [1.82, 2.24) is 20.6 Å². The highest BCUT2D eigenvalue weighted by Gasteiger charge is 2.20. The molecule has 2 amide bonds. The van der Waals surface area contributed by atoms with Crippen LogP contribution >= 0.6 is 0 Å². The van der Waals surface area contributed by atoms with Crippen molar-refractivity contribution in [1.29, 1.82) is 0 Å². The summed E-state index contributed by atoms with van der Waals surface area (Å²) in [5.41, 5.74) is 0.620. The third-order valence-corrected chi connectivity index (χ3v) is 1.93. The Hall–Kier alpha value is -2.49. The van der Waals surface area contributed by atoms with E-state index in [4.69, 9.17) is 11.5 Å². The Morgan fingerprint density at radius 1 is 1.65 bits per heavy atom. The maximum Gasteiger partial charge on any atom is 0.326 e. The number of aromatic nitrogens is 2. The number of rotatable bonds is 5. The first kappa shape index (κ1) is 12.6. The van der Waals surface area contributed by atoms with E-state index < -0.39 is 18.0 Å². The zero-order valence-electron chi connectivity index (χ0n) is 8.93. The Morgan fingerprint density at radius 3 is 2.94 bits per heavy atom. The van der Waals surface area contributed by atoms with Crippen LogP contribution in [0.1, 0.15) is 5.69 Å². The summed E-state index contributed by atoms with van der Waals surface area (Å²) in [5, 5.41) is 13.5. The number of hydrogen-bond acceptors (Lipinski definition) is 3. The lowest BCUT2D eigenvalue weighted by molar-refractivity contribution is -0.139. The molecule has 0 fully saturated rings. The maximum absolute atomic E-state index is 11.2. The summed E-state index contributed by atoms with van der Waals surface area (Å²) in [7, 11) is 0. The van der Waals surface area contributed by atoms with E-state index in [1.807, 2.05) is 0 Å². The van der Waals surface area contributed by atoms with Crippen molar-refractivity contribution in [2.45, 2.75) is 12.5 Å². The second-order valence-corrected chi connectivity index (χ2v) is 3.20. The smallest absolute Gasteiger partial charge is 0.326 e. The number of urea groups is 1. The SMILES string of the molecule is C#CCNC(=O)N[C@@H](Cc1cnc[nH]1)C(=O)O. The molecular weight excluding hydrogens is 224 g/mol. The molecule has 17 heavy (non-hydrogen) atoms. The fourth-order valence-electron chi connectivity index (χ4n) is 1.16. The lowest BCUT2D eigenvalue weighted by Crippen LogP contribution is -2.47. The van der Waals surface area contributed by atoms with E-state index in [-0.39, 0.29) is 13.0 Å². The third kappa shape index (κ3) is 4.25. The molecule has 1 heterocycles. The molecule has 0 aromatic carbocycles. The van der Waals surface area contributed by atoms with E-state index in [9.17, 15) is 9.59 Å². The Labute approximate surface area is 97.6 Å². The van der Waals surface area contributed by atoms with Crippen LogP contribution in [0.2, 0.25) is 0 Å². The zero-order valence-corrected chi connectivity index (χ0v) is 8.93. The van der Waals surface area contributed by atoms with E-state index in [1.165, 1.54) is 12.5 Å². The standard InChI is InChI=1S/C10H12N4O3/c1-2-3-12-10(17)14-8(9(15)16)4-7-5-11-6-13-7/h1,5-6,8H,3-4H2,(H,11,13)(H,15,16)(H2,12,14,17)/t8-/m0/s1. The number of carbonyl (C=O) groups excluding carboxylic acids is 1. The van der Waals surface area contributed by atoms with Crippen LogP contribution in [0.25, 0.3) is 0 Å². The van der Waals surface area contributed by atoms with Crippen LogP contribution in [0.5, 0.6) is 0 Å². The summed E-state index contributed by atoms with van der Waals surface area (Å²) >= 11 is 0. The normalized spacial score (nSPS) is 11.2. The average molecular weight is 236 g/mol. The Morgan fingerprint density at radius 2 is 2.41 bits per heavy atom. The van der Waals surface area contributed by atoms with Gasteiger partial charge >= 0.3 is 12.0 Å². The highest BCUT2D eigenvalue weighted by molar-refractivity contribution is 5.82. The van der Waals surface area contributed by atoms with Crippen molar-refractivity contribution in [3.63, 3.8) is 0 Å². The predicted octanol–water partition coefficient (Wildman–Crippen LogP) is -0.662. The molecule has 1 atom stereocenters. The molecule has 4 N–H and O–H groups in total. The number of nitrogens with zero attached hydrogens (tertiary/aromatic N) is 1. The first-order valence-electron chi connectivity index (χ1n) is 4.81. The molecule has 0 aliphatic heterocycles. The first-order valence-corrected chi connectivity index (χ1v) is 4.81. The predicted molar refractivity (Wildman–Crippen MR) is 59.1 cm³/mol. The average Bonchev–Trinajstić information content (AvgIpc) is 2.78. The summed E-state index contributed by atoms with van der Waals surface area (Å²) in [6.07, 6.45) is 8.01. The monoisotopic (exact) mass is 236 g/mol. The van der Waals surface area contributed by atoms with Crippen molar-refractivity contribution in [3.8, 4) is 12.3 Å². The summed E-state index contributed by atoms with van der Waals surface area (Å²) < 4.78 is 0. The van der Waals surface area contributed by atoms with Gasteiger partial charge in [-0.3, -0.25) is 0 Å². The molecule has 1 rings (SSSR count). The van der Waals surface area contributed by atoms with Crippen molar-refractivity contribution < 1.29 is 14.7 Å². The third-order valence-electron chi connectivity index (χ3n) is 1.93. The topological polar surface area (TPSA) is 107 Å². The van der Waals surface area contributed by atoms with Crippen LogP contribution in [-0.4, -0.2) is 39.7 Å². The number of imidazole rings is 1. The van der Waals surface area contributed by atoms with Gasteiger partial charge < -0.3 is 20.7 Å². The van der Waals surface area contributed by atoms with Gasteiger partial charge in [0, 0.05) is 18.3 Å². The van der Waals surface area contributed by atoms with Gasteiger partial charge in [0.15, 0.2) is 0 Å². The Kier molecular flexibility index (Phi) is 4.57. The van der Waals surface area contributed by atoms with E-state index in [0.29, 0.717) is 5.69 Å². The molecule has 0 aliphatic rings. The minimum atomic E-state index is -1.13. The van der Waals surface area contributed by atoms with E-state index >= 15 is 0 Å². The fraction of sp³-hybridized carbons (Fsp3) is 0.300. The number of carboxylic acid groups (broad SMARTS) is 1. The van der Waals surface area contributed by atoms with Crippen molar-refractivity contribution in [2.75, 3.05) is 6.54 Å². The highest BCUT2D eigenvalue weighted by Crippen LogP contribution is 1.98. The van der Waals surface area contributed by atoms with Crippen molar-refractivity contribution in [3.05, 3.63) is 18.2 Å². The zero-order chi connectivity index (χ0) is 12.7. The molecule has 1 aromatic rings. The van der Waals surface area contributed by atoms with E-state index in [2.05, 4.69) is 26.5 Å². The molecule has 1 aromatic heterocycles. The molecule has 7 heteroatoms. The van der Waals surface area contributed by atoms with E-state index in [0.717, 1.165) is 0 Å². The fourth-order valence-corrected chi connectivity index (χ4v) is 1.16. The van der Waals surface area contributed by atoms with Gasteiger partial charge in [-0.05, 0) is 0 Å². The van der Waals surface area contributed by atoms with Crippen LogP contribution in [0.4, 0.5) is 4.79 Å². The minimum Gasteiger partial charge on any atom is -0.480 e. The van der Waals surface area contributed by atoms with Crippen LogP contribution in [0.3, 0.4) is 0 Å². The van der Waals surface area contributed by atoms with Crippen LogP contribution in [0, 0.1) is 12.3 Å². The van der Waals surface area contributed by atoms with Gasteiger partial charge in [-0.1, -0.05) is 5.92 Å². The van der Waals surface area contributed by atoms with Crippen LogP contribution in [0.15, 0.2) is 12.5 Å². The van der Waals surface area contributed by atoms with Gasteiger partial charge in [-0.15, -0.1) is 6.42 Å². The first-order chi connectivity index (χ1) is 8.13. The summed E-state index contributed by atoms with van der Waals surface area (Å²) in [6.45, 7) is 0.0439. The molecule has 7 nitrogen and oxygen atoms in total. The summed E-state index contributed by atoms with van der Waals surface area (Å²) in [4.78, 5) is 28.7. The summed E-state index contributed by atoms with van der Waals surface area (Å²) in [6, 6.07) is -1.65. The number of H-pyrrole nitrogens is 1. The number of hydrogen-bond donors (Lipinski definition) is 4. The number of amides is 2. The minimum absolute atomic E-state index is 0.0439. The lowest BCUT2D eigenvalue weighted by Gasteiger charge is -2.13. The van der Waals surface area contributed by atoms with Gasteiger partial charge in [0.25, 0.3) is 0 Å². The second-order valence-electron chi connectivity index (χ2n) is 3.20. The summed E-state index contributed by atoms with van der Waals surface area (Å²) in [5.74, 6) is 1.08. The number of terminal acetylenes is 1.